The SMILES string of the molecule is Cc1ccc(C(=O)Cn2nc(C)c([N+](=O)[O-])c2C)cc1C. The third-order valence-electron chi connectivity index (χ3n) is 3.65. The van der Waals surface area contributed by atoms with E-state index in [1.807, 2.05) is 26.0 Å². The lowest BCUT2D eigenvalue weighted by Gasteiger charge is -2.06. The number of carbonyl (C=O) groups excluding carboxylic acids is 1. The Bertz CT molecular complexity index is 732. The van der Waals surface area contributed by atoms with Gasteiger partial charge in [0.2, 0.25) is 0 Å². The lowest BCUT2D eigenvalue weighted by molar-refractivity contribution is -0.386. The van der Waals surface area contributed by atoms with Gasteiger partial charge in [0.05, 0.1) is 4.92 Å². The predicted octanol–water partition coefficient (Wildman–Crippen LogP) is 2.91. The number of hydrogen-bond acceptors (Lipinski definition) is 4. The summed E-state index contributed by atoms with van der Waals surface area (Å²) in [6.07, 6.45) is 0. The molecule has 0 fully saturated rings. The smallest absolute Gasteiger partial charge is 0.292 e. The van der Waals surface area contributed by atoms with Crippen LogP contribution >= 0.6 is 0 Å². The Morgan fingerprint density at radius 1 is 1.24 bits per heavy atom. The number of carbonyl (C=O) groups is 1. The first-order valence-electron chi connectivity index (χ1n) is 6.60. The van der Waals surface area contributed by atoms with E-state index in [4.69, 9.17) is 0 Å². The van der Waals surface area contributed by atoms with E-state index < -0.39 is 4.92 Å². The van der Waals surface area contributed by atoms with Crippen molar-refractivity contribution in [3.05, 3.63) is 56.4 Å². The van der Waals surface area contributed by atoms with Crippen molar-refractivity contribution in [1.29, 1.82) is 0 Å². The summed E-state index contributed by atoms with van der Waals surface area (Å²) >= 11 is 0. The topological polar surface area (TPSA) is 78.0 Å². The summed E-state index contributed by atoms with van der Waals surface area (Å²) in [4.78, 5) is 22.8. The van der Waals surface area contributed by atoms with E-state index in [1.165, 1.54) is 4.68 Å². The molecule has 0 saturated carbocycles. The molecule has 0 saturated heterocycles. The molecule has 0 spiro atoms. The van der Waals surface area contributed by atoms with Crippen LogP contribution in [0.1, 0.15) is 32.9 Å². The van der Waals surface area contributed by atoms with Gasteiger partial charge < -0.3 is 0 Å². The summed E-state index contributed by atoms with van der Waals surface area (Å²) in [7, 11) is 0. The molecule has 0 aliphatic carbocycles. The normalized spacial score (nSPS) is 10.7. The van der Waals surface area contributed by atoms with Crippen LogP contribution in [0.25, 0.3) is 0 Å². The molecule has 2 rings (SSSR count). The molecule has 0 N–H and O–H groups in total. The number of ketones is 1. The van der Waals surface area contributed by atoms with Gasteiger partial charge in [-0.3, -0.25) is 19.6 Å². The maximum Gasteiger partial charge on any atom is 0.312 e. The van der Waals surface area contributed by atoms with Crippen LogP contribution in [0.15, 0.2) is 18.2 Å². The number of nitrogens with zero attached hydrogens (tertiary/aromatic N) is 3. The second-order valence-corrected chi connectivity index (χ2v) is 5.16. The van der Waals surface area contributed by atoms with Gasteiger partial charge in [-0.25, -0.2) is 0 Å². The number of Topliss-reactive ketones (excluding diaryl/α,β-unsaturated/α-hetero) is 1. The number of aromatic nitrogens is 2. The molecule has 0 bridgehead atoms. The van der Waals surface area contributed by atoms with E-state index >= 15 is 0 Å². The van der Waals surface area contributed by atoms with Gasteiger partial charge in [-0.05, 0) is 44.9 Å². The minimum absolute atomic E-state index is 0.00299. The maximum atomic E-state index is 12.3. The number of benzene rings is 1. The number of hydrogen-bond donors (Lipinski definition) is 0. The molecule has 0 atom stereocenters. The molecule has 1 aromatic heterocycles. The molecule has 1 heterocycles. The van der Waals surface area contributed by atoms with E-state index in [-0.39, 0.29) is 18.0 Å². The Balaban J connectivity index is 2.30. The van der Waals surface area contributed by atoms with Crippen LogP contribution in [0.5, 0.6) is 0 Å². The molecule has 21 heavy (non-hydrogen) atoms. The molecular weight excluding hydrogens is 270 g/mol. The third-order valence-corrected chi connectivity index (χ3v) is 3.65. The first kappa shape index (κ1) is 14.9. The Morgan fingerprint density at radius 2 is 1.90 bits per heavy atom. The molecule has 0 unspecified atom stereocenters. The van der Waals surface area contributed by atoms with Crippen molar-refractivity contribution in [2.45, 2.75) is 34.2 Å². The van der Waals surface area contributed by atoms with Crippen molar-refractivity contribution in [3.63, 3.8) is 0 Å². The highest BCUT2D eigenvalue weighted by Gasteiger charge is 2.23. The highest BCUT2D eigenvalue weighted by molar-refractivity contribution is 5.96. The fraction of sp³-hybridized carbons (Fsp3) is 0.333. The van der Waals surface area contributed by atoms with Gasteiger partial charge in [0.25, 0.3) is 0 Å². The minimum Gasteiger partial charge on any atom is -0.292 e. The maximum absolute atomic E-state index is 12.3. The van der Waals surface area contributed by atoms with Crippen LogP contribution < -0.4 is 0 Å². The first-order chi connectivity index (χ1) is 9.81. The summed E-state index contributed by atoms with van der Waals surface area (Å²) in [5.41, 5.74) is 3.45. The predicted molar refractivity (Wildman–Crippen MR) is 78.6 cm³/mol. The van der Waals surface area contributed by atoms with Crippen LogP contribution in [0.2, 0.25) is 0 Å². The molecule has 110 valence electrons. The van der Waals surface area contributed by atoms with E-state index in [1.54, 1.807) is 19.9 Å². The largest absolute Gasteiger partial charge is 0.312 e. The Labute approximate surface area is 122 Å². The Hall–Kier alpha value is -2.50. The van der Waals surface area contributed by atoms with E-state index in [2.05, 4.69) is 5.10 Å². The van der Waals surface area contributed by atoms with Crippen LogP contribution in [0, 0.1) is 37.8 Å². The highest BCUT2D eigenvalue weighted by Crippen LogP contribution is 2.22. The van der Waals surface area contributed by atoms with Crippen molar-refractivity contribution in [2.75, 3.05) is 0 Å². The fourth-order valence-electron chi connectivity index (χ4n) is 2.25. The average molecular weight is 287 g/mol. The minimum atomic E-state index is -0.464. The molecule has 2 aromatic rings. The average Bonchev–Trinajstić information content (AvgIpc) is 2.67. The molecular formula is C15H17N3O3. The molecule has 6 heteroatoms. The standard InChI is InChI=1S/C15H17N3O3/c1-9-5-6-13(7-10(9)2)14(19)8-17-12(4)15(18(20)21)11(3)16-17/h5-7H,8H2,1-4H3. The molecule has 1 aromatic carbocycles. The van der Waals surface area contributed by atoms with Gasteiger partial charge >= 0.3 is 5.69 Å². The van der Waals surface area contributed by atoms with E-state index in [0.717, 1.165) is 11.1 Å². The van der Waals surface area contributed by atoms with Crippen molar-refractivity contribution < 1.29 is 9.72 Å². The monoisotopic (exact) mass is 287 g/mol. The third kappa shape index (κ3) is 2.84. The van der Waals surface area contributed by atoms with Gasteiger partial charge in [-0.1, -0.05) is 12.1 Å². The Morgan fingerprint density at radius 3 is 2.43 bits per heavy atom. The van der Waals surface area contributed by atoms with E-state index in [0.29, 0.717) is 17.0 Å². The number of rotatable bonds is 4. The van der Waals surface area contributed by atoms with Crippen LogP contribution in [0.3, 0.4) is 0 Å². The van der Waals surface area contributed by atoms with Crippen molar-refractivity contribution in [3.8, 4) is 0 Å². The van der Waals surface area contributed by atoms with E-state index in [9.17, 15) is 14.9 Å². The van der Waals surface area contributed by atoms with Gasteiger partial charge in [0.15, 0.2) is 5.78 Å². The zero-order chi connectivity index (χ0) is 15.7. The summed E-state index contributed by atoms with van der Waals surface area (Å²) < 4.78 is 1.39. The van der Waals surface area contributed by atoms with Crippen molar-refractivity contribution in [1.82, 2.24) is 9.78 Å². The summed E-state index contributed by atoms with van der Waals surface area (Å²) in [5.74, 6) is -0.112. The summed E-state index contributed by atoms with van der Waals surface area (Å²) in [6, 6.07) is 5.49. The second-order valence-electron chi connectivity index (χ2n) is 5.16. The zero-order valence-corrected chi connectivity index (χ0v) is 12.5. The zero-order valence-electron chi connectivity index (χ0n) is 12.5. The molecule has 6 nitrogen and oxygen atoms in total. The number of nitro groups is 1. The first-order valence-corrected chi connectivity index (χ1v) is 6.60. The lowest BCUT2D eigenvalue weighted by atomic mass is 10.0. The molecule has 0 aliphatic heterocycles. The van der Waals surface area contributed by atoms with Crippen LogP contribution in [0.4, 0.5) is 5.69 Å². The fourth-order valence-corrected chi connectivity index (χ4v) is 2.25. The molecule has 0 amide bonds. The van der Waals surface area contributed by atoms with Gasteiger partial charge in [-0.15, -0.1) is 0 Å². The van der Waals surface area contributed by atoms with Crippen LogP contribution in [-0.4, -0.2) is 20.5 Å². The van der Waals surface area contributed by atoms with Crippen molar-refractivity contribution >= 4 is 11.5 Å². The quantitative estimate of drug-likeness (QED) is 0.492. The highest BCUT2D eigenvalue weighted by atomic mass is 16.6. The van der Waals surface area contributed by atoms with Gasteiger partial charge in [0.1, 0.15) is 17.9 Å². The number of aryl methyl sites for hydroxylation is 3. The second kappa shape index (κ2) is 5.47. The molecule has 0 aliphatic rings. The van der Waals surface area contributed by atoms with Gasteiger partial charge in [0, 0.05) is 5.56 Å². The molecule has 0 radical (unpaired) electrons. The summed E-state index contributed by atoms with van der Waals surface area (Å²) in [5, 5.41) is 15.1. The summed E-state index contributed by atoms with van der Waals surface area (Å²) in [6.45, 7) is 7.10. The van der Waals surface area contributed by atoms with Crippen molar-refractivity contribution in [2.24, 2.45) is 0 Å². The lowest BCUT2D eigenvalue weighted by Crippen LogP contribution is -2.13. The Kier molecular flexibility index (Phi) is 3.88. The van der Waals surface area contributed by atoms with Gasteiger partial charge in [-0.2, -0.15) is 5.10 Å². The van der Waals surface area contributed by atoms with Crippen LogP contribution in [-0.2, 0) is 6.54 Å².